The molecule has 5 aromatic rings. The van der Waals surface area contributed by atoms with Crippen LogP contribution >= 0.6 is 11.3 Å². The molecule has 0 saturated carbocycles. The minimum Gasteiger partial charge on any atom is -0.308 e. The van der Waals surface area contributed by atoms with Crippen molar-refractivity contribution >= 4 is 48.6 Å². The van der Waals surface area contributed by atoms with Crippen LogP contribution in [-0.4, -0.2) is 0 Å². The van der Waals surface area contributed by atoms with E-state index in [4.69, 9.17) is 0 Å². The molecule has 1 aliphatic heterocycles. The number of rotatable bonds is 6. The molecule has 2 aliphatic rings. The van der Waals surface area contributed by atoms with Crippen molar-refractivity contribution in [1.82, 2.24) is 0 Å². The molecule has 1 aromatic heterocycles. The molecular formula is C40H33NS. The second kappa shape index (κ2) is 11.0. The van der Waals surface area contributed by atoms with Gasteiger partial charge in [-0.15, -0.1) is 11.3 Å². The standard InChI is InChI=1S/C40H33NS/c1-3-5-8-18-29(4-2)40(30-19-9-6-7-10-20-30)33-23-12-14-25-35(33)41(36-26-15-13-24-34(36)40)37-27-17-22-32-31-21-11-16-28-38(31)42-39(32)37/h3-5,8-9,11-28H,1-2,6-7,10H2/b8-5-,29-18+. The van der Waals surface area contributed by atoms with Crippen LogP contribution in [0.1, 0.15) is 30.4 Å². The lowest BCUT2D eigenvalue weighted by Crippen LogP contribution is -2.38. The molecule has 0 saturated heterocycles. The van der Waals surface area contributed by atoms with Gasteiger partial charge in [0.2, 0.25) is 0 Å². The maximum Gasteiger partial charge on any atom is 0.0738 e. The Bertz CT molecular complexity index is 1910. The Balaban J connectivity index is 1.60. The van der Waals surface area contributed by atoms with Crippen LogP contribution in [0, 0.1) is 0 Å². The highest BCUT2D eigenvalue weighted by Gasteiger charge is 2.47. The molecule has 42 heavy (non-hydrogen) atoms. The SMILES string of the molecule is C=C/C=C\C=C(/C=C)C1(C2=CCCCC=C2)c2ccccc2N(c2cccc3c2sc2ccccc23)c2ccccc21. The summed E-state index contributed by atoms with van der Waals surface area (Å²) >= 11 is 1.88. The monoisotopic (exact) mass is 559 g/mol. The first-order chi connectivity index (χ1) is 20.8. The number of thiophene rings is 1. The summed E-state index contributed by atoms with van der Waals surface area (Å²) < 4.78 is 2.62. The average molecular weight is 560 g/mol. The molecule has 1 nitrogen and oxygen atoms in total. The van der Waals surface area contributed by atoms with Crippen molar-refractivity contribution < 1.29 is 0 Å². The Morgan fingerprint density at radius 1 is 0.738 bits per heavy atom. The lowest BCUT2D eigenvalue weighted by molar-refractivity contribution is 0.724. The van der Waals surface area contributed by atoms with Crippen molar-refractivity contribution in [2.24, 2.45) is 0 Å². The van der Waals surface area contributed by atoms with E-state index >= 15 is 0 Å². The third kappa shape index (κ3) is 3.98. The third-order valence-corrected chi connectivity index (χ3v) is 9.78. The maximum absolute atomic E-state index is 4.38. The highest BCUT2D eigenvalue weighted by Crippen LogP contribution is 2.59. The molecule has 0 spiro atoms. The van der Waals surface area contributed by atoms with Crippen LogP contribution in [0.4, 0.5) is 17.1 Å². The molecule has 0 atom stereocenters. The summed E-state index contributed by atoms with van der Waals surface area (Å²) in [5, 5.41) is 2.61. The van der Waals surface area contributed by atoms with Crippen molar-refractivity contribution in [3.63, 3.8) is 0 Å². The number of anilines is 3. The number of allylic oxidation sites excluding steroid dienone is 10. The highest BCUT2D eigenvalue weighted by molar-refractivity contribution is 7.26. The average Bonchev–Trinajstić information content (AvgIpc) is 3.20. The summed E-state index contributed by atoms with van der Waals surface area (Å²) in [6.45, 7) is 8.28. The summed E-state index contributed by atoms with van der Waals surface area (Å²) in [5.41, 5.74) is 8.06. The van der Waals surface area contributed by atoms with E-state index in [1.165, 1.54) is 53.9 Å². The number of para-hydroxylation sites is 2. The smallest absolute Gasteiger partial charge is 0.0738 e. The zero-order valence-electron chi connectivity index (χ0n) is 23.7. The quantitative estimate of drug-likeness (QED) is 0.187. The van der Waals surface area contributed by atoms with Crippen LogP contribution < -0.4 is 4.90 Å². The Kier molecular flexibility index (Phi) is 6.85. The van der Waals surface area contributed by atoms with E-state index in [-0.39, 0.29) is 0 Å². The molecule has 2 heterocycles. The largest absolute Gasteiger partial charge is 0.308 e. The summed E-state index contributed by atoms with van der Waals surface area (Å²) in [6, 6.07) is 33.4. The van der Waals surface area contributed by atoms with Gasteiger partial charge in [-0.3, -0.25) is 0 Å². The minimum absolute atomic E-state index is 0.522. The van der Waals surface area contributed by atoms with Gasteiger partial charge in [-0.25, -0.2) is 0 Å². The van der Waals surface area contributed by atoms with Crippen LogP contribution in [0.25, 0.3) is 20.2 Å². The lowest BCUT2D eigenvalue weighted by atomic mass is 9.61. The summed E-state index contributed by atoms with van der Waals surface area (Å²) in [4.78, 5) is 2.49. The zero-order valence-corrected chi connectivity index (χ0v) is 24.5. The highest BCUT2D eigenvalue weighted by atomic mass is 32.1. The Hall–Kier alpha value is -4.66. The van der Waals surface area contributed by atoms with Crippen molar-refractivity contribution in [2.45, 2.75) is 24.7 Å². The second-order valence-electron chi connectivity index (χ2n) is 10.8. The van der Waals surface area contributed by atoms with Gasteiger partial charge in [-0.2, -0.15) is 0 Å². The molecule has 0 amide bonds. The number of benzene rings is 4. The van der Waals surface area contributed by atoms with Crippen molar-refractivity contribution in [2.75, 3.05) is 4.90 Å². The van der Waals surface area contributed by atoms with Crippen LogP contribution in [0.3, 0.4) is 0 Å². The summed E-state index contributed by atoms with van der Waals surface area (Å²) in [5.74, 6) is 0. The van der Waals surface area contributed by atoms with Crippen molar-refractivity contribution in [1.29, 1.82) is 0 Å². The van der Waals surface area contributed by atoms with E-state index < -0.39 is 5.41 Å². The first-order valence-electron chi connectivity index (χ1n) is 14.7. The molecule has 204 valence electrons. The van der Waals surface area contributed by atoms with Crippen molar-refractivity contribution in [3.05, 3.63) is 175 Å². The van der Waals surface area contributed by atoms with E-state index in [9.17, 15) is 0 Å². The topological polar surface area (TPSA) is 3.24 Å². The lowest BCUT2D eigenvalue weighted by Gasteiger charge is -2.47. The van der Waals surface area contributed by atoms with Gasteiger partial charge in [0, 0.05) is 15.5 Å². The van der Waals surface area contributed by atoms with Gasteiger partial charge in [0.05, 0.1) is 27.2 Å². The number of hydrogen-bond donors (Lipinski definition) is 0. The first-order valence-corrected chi connectivity index (χ1v) is 15.5. The van der Waals surface area contributed by atoms with Gasteiger partial charge < -0.3 is 4.90 Å². The zero-order chi connectivity index (χ0) is 28.5. The predicted octanol–water partition coefficient (Wildman–Crippen LogP) is 11.6. The van der Waals surface area contributed by atoms with Crippen LogP contribution in [0.15, 0.2) is 164 Å². The molecular weight excluding hydrogens is 527 g/mol. The van der Waals surface area contributed by atoms with Crippen molar-refractivity contribution in [3.8, 4) is 0 Å². The van der Waals surface area contributed by atoms with Gasteiger partial charge in [0.15, 0.2) is 0 Å². The molecule has 1 aliphatic carbocycles. The maximum atomic E-state index is 4.38. The summed E-state index contributed by atoms with van der Waals surface area (Å²) in [7, 11) is 0. The normalized spacial score (nSPS) is 16.2. The molecule has 0 fully saturated rings. The minimum atomic E-state index is -0.522. The fraction of sp³-hybridized carbons (Fsp3) is 0.100. The number of hydrogen-bond acceptors (Lipinski definition) is 2. The van der Waals surface area contributed by atoms with Gasteiger partial charge >= 0.3 is 0 Å². The fourth-order valence-corrected chi connectivity index (χ4v) is 8.04. The van der Waals surface area contributed by atoms with Crippen LogP contribution in [-0.2, 0) is 5.41 Å². The molecule has 0 N–H and O–H groups in total. The van der Waals surface area contributed by atoms with E-state index in [2.05, 4.69) is 139 Å². The summed E-state index contributed by atoms with van der Waals surface area (Å²) in [6.07, 6.45) is 20.6. The van der Waals surface area contributed by atoms with Crippen LogP contribution in [0.5, 0.6) is 0 Å². The first kappa shape index (κ1) is 26.3. The van der Waals surface area contributed by atoms with Gasteiger partial charge in [0.25, 0.3) is 0 Å². The van der Waals surface area contributed by atoms with E-state index in [0.29, 0.717) is 0 Å². The Labute approximate surface area is 252 Å². The van der Waals surface area contributed by atoms with E-state index in [1.54, 1.807) is 0 Å². The van der Waals surface area contributed by atoms with Gasteiger partial charge in [-0.1, -0.05) is 128 Å². The Morgan fingerprint density at radius 3 is 2.19 bits per heavy atom. The Morgan fingerprint density at radius 2 is 1.43 bits per heavy atom. The van der Waals surface area contributed by atoms with Gasteiger partial charge in [-0.05, 0) is 65.8 Å². The van der Waals surface area contributed by atoms with E-state index in [1.807, 2.05) is 29.6 Å². The number of fused-ring (bicyclic) bond motifs is 5. The fourth-order valence-electron chi connectivity index (χ4n) is 6.84. The second-order valence-corrected chi connectivity index (χ2v) is 11.9. The van der Waals surface area contributed by atoms with Gasteiger partial charge in [0.1, 0.15) is 0 Å². The van der Waals surface area contributed by atoms with E-state index in [0.717, 1.165) is 24.8 Å². The molecule has 0 radical (unpaired) electrons. The molecule has 7 rings (SSSR count). The molecule has 0 unspecified atom stereocenters. The molecule has 2 heteroatoms. The number of nitrogens with zero attached hydrogens (tertiary/aromatic N) is 1. The molecule has 0 bridgehead atoms. The van der Waals surface area contributed by atoms with Crippen LogP contribution in [0.2, 0.25) is 0 Å². The molecule has 4 aromatic carbocycles. The predicted molar refractivity (Wildman–Crippen MR) is 183 cm³/mol. The third-order valence-electron chi connectivity index (χ3n) is 8.57.